The molecule has 5 aromatic carbocycles. The summed E-state index contributed by atoms with van der Waals surface area (Å²) in [5.41, 5.74) is 4.33. The minimum absolute atomic E-state index is 0.102. The average Bonchev–Trinajstić information content (AvgIpc) is 3.03. The summed E-state index contributed by atoms with van der Waals surface area (Å²) in [6.07, 6.45) is 3.41. The molecule has 0 aliphatic heterocycles. The molecule has 1 aliphatic rings. The third-order valence-electron chi connectivity index (χ3n) is 7.27. The molecule has 0 heterocycles. The molecule has 0 unspecified atom stereocenters. The number of fused-ring (bicyclic) bond motifs is 2. The molecule has 5 aromatic rings. The Labute approximate surface area is 255 Å². The van der Waals surface area contributed by atoms with E-state index in [4.69, 9.17) is 4.74 Å². The van der Waals surface area contributed by atoms with Crippen LogP contribution in [0.2, 0.25) is 0 Å². The smallest absolute Gasteiger partial charge is 0.195 e. The van der Waals surface area contributed by atoms with Crippen LogP contribution in [0.15, 0.2) is 135 Å². The largest absolute Gasteiger partial charge is 0.489 e. The molecule has 0 aromatic heterocycles. The molecule has 0 bridgehead atoms. The normalized spacial score (nSPS) is 12.1. The maximum atomic E-state index is 13.9. The van der Waals surface area contributed by atoms with E-state index < -0.39 is 0 Å². The quantitative estimate of drug-likeness (QED) is 0.160. The average molecular weight is 587 g/mol. The van der Waals surface area contributed by atoms with Gasteiger partial charge in [0.15, 0.2) is 11.6 Å². The number of hydrogen-bond donors (Lipinski definition) is 0. The summed E-state index contributed by atoms with van der Waals surface area (Å²) in [7, 11) is 0. The lowest BCUT2D eigenvalue weighted by Gasteiger charge is -2.22. The highest BCUT2D eigenvalue weighted by Crippen LogP contribution is 2.41. The summed E-state index contributed by atoms with van der Waals surface area (Å²) in [6.45, 7) is 2.70. The van der Waals surface area contributed by atoms with Crippen molar-refractivity contribution < 1.29 is 14.3 Å². The fourth-order valence-corrected chi connectivity index (χ4v) is 7.01. The lowest BCUT2D eigenvalue weighted by Crippen LogP contribution is -2.22. The van der Waals surface area contributed by atoms with Crippen molar-refractivity contribution in [1.82, 2.24) is 0 Å². The third kappa shape index (κ3) is 6.08. The van der Waals surface area contributed by atoms with E-state index in [0.717, 1.165) is 37.3 Å². The van der Waals surface area contributed by atoms with Crippen LogP contribution in [0, 0.1) is 0 Å². The molecule has 0 saturated carbocycles. The van der Waals surface area contributed by atoms with Crippen molar-refractivity contribution in [2.24, 2.45) is 0 Å². The minimum atomic E-state index is -0.108. The topological polar surface area (TPSA) is 43.4 Å². The second-order valence-corrected chi connectivity index (χ2v) is 12.4. The van der Waals surface area contributed by atoms with Crippen LogP contribution in [0.4, 0.5) is 0 Å². The van der Waals surface area contributed by atoms with Crippen molar-refractivity contribution in [2.45, 2.75) is 52.4 Å². The van der Waals surface area contributed by atoms with Crippen LogP contribution in [-0.4, -0.2) is 11.6 Å². The molecule has 208 valence electrons. The van der Waals surface area contributed by atoms with Crippen LogP contribution in [0.5, 0.6) is 5.75 Å². The molecular weight excluding hydrogens is 557 g/mol. The molecular formula is C37H30O3S2. The SMILES string of the molecule is CCCCc1ccc(Sc2cccc3c2C(=O)c2cccc(Sc4ccc(OCc5ccccc5)cc4)c2C3=O)cc1. The Morgan fingerprint density at radius 2 is 1.12 bits per heavy atom. The molecule has 0 amide bonds. The molecule has 0 radical (unpaired) electrons. The van der Waals surface area contributed by atoms with Gasteiger partial charge in [-0.1, -0.05) is 104 Å². The first-order valence-corrected chi connectivity index (χ1v) is 15.8. The fourth-order valence-electron chi connectivity index (χ4n) is 5.05. The van der Waals surface area contributed by atoms with E-state index >= 15 is 0 Å². The van der Waals surface area contributed by atoms with Crippen LogP contribution < -0.4 is 4.74 Å². The number of hydrogen-bond acceptors (Lipinski definition) is 5. The molecule has 0 spiro atoms. The molecule has 3 nitrogen and oxygen atoms in total. The van der Waals surface area contributed by atoms with Gasteiger partial charge >= 0.3 is 0 Å². The van der Waals surface area contributed by atoms with Crippen LogP contribution in [0.1, 0.15) is 62.7 Å². The van der Waals surface area contributed by atoms with Crippen molar-refractivity contribution in [3.05, 3.63) is 149 Å². The van der Waals surface area contributed by atoms with Gasteiger partial charge in [-0.2, -0.15) is 0 Å². The Morgan fingerprint density at radius 3 is 1.67 bits per heavy atom. The Bertz CT molecular complexity index is 1730. The van der Waals surface area contributed by atoms with Crippen LogP contribution >= 0.6 is 23.5 Å². The lowest BCUT2D eigenvalue weighted by atomic mass is 9.84. The molecule has 1 aliphatic carbocycles. The zero-order valence-electron chi connectivity index (χ0n) is 23.3. The van der Waals surface area contributed by atoms with E-state index in [9.17, 15) is 9.59 Å². The van der Waals surface area contributed by atoms with Gasteiger partial charge in [-0.3, -0.25) is 9.59 Å². The van der Waals surface area contributed by atoms with Gasteiger partial charge in [-0.15, -0.1) is 0 Å². The minimum Gasteiger partial charge on any atom is -0.489 e. The van der Waals surface area contributed by atoms with Gasteiger partial charge in [0.1, 0.15) is 12.4 Å². The monoisotopic (exact) mass is 586 g/mol. The first kappa shape index (κ1) is 28.1. The van der Waals surface area contributed by atoms with Crippen molar-refractivity contribution in [1.29, 1.82) is 0 Å². The maximum absolute atomic E-state index is 13.9. The van der Waals surface area contributed by atoms with Gasteiger partial charge in [-0.25, -0.2) is 0 Å². The van der Waals surface area contributed by atoms with Gasteiger partial charge in [0.2, 0.25) is 0 Å². The number of ketones is 2. The van der Waals surface area contributed by atoms with Gasteiger partial charge in [0, 0.05) is 41.8 Å². The fraction of sp³-hybridized carbons (Fsp3) is 0.135. The van der Waals surface area contributed by atoms with Gasteiger partial charge in [-0.05, 0) is 72.5 Å². The predicted molar refractivity (Wildman–Crippen MR) is 170 cm³/mol. The first-order valence-electron chi connectivity index (χ1n) is 14.2. The number of unbranched alkanes of at least 4 members (excludes halogenated alkanes) is 1. The highest BCUT2D eigenvalue weighted by atomic mass is 32.2. The molecule has 0 atom stereocenters. The van der Waals surface area contributed by atoms with Crippen LogP contribution in [0.25, 0.3) is 0 Å². The standard InChI is InChI=1S/C37H30O3S2/c1-2-3-9-25-16-20-28(21-17-25)41-32-14-7-12-30-34(32)36(38)31-13-8-15-33(35(31)37(30)39)42-29-22-18-27(19-23-29)40-24-26-10-5-4-6-11-26/h4-8,10-23H,2-3,9,24H2,1H3. The Hall–Kier alpha value is -4.06. The molecule has 0 saturated heterocycles. The molecule has 5 heteroatoms. The van der Waals surface area contributed by atoms with Crippen LogP contribution in [-0.2, 0) is 13.0 Å². The van der Waals surface area contributed by atoms with E-state index in [1.165, 1.54) is 41.9 Å². The Morgan fingerprint density at radius 1 is 0.571 bits per heavy atom. The molecule has 0 N–H and O–H groups in total. The summed E-state index contributed by atoms with van der Waals surface area (Å²) in [5, 5.41) is 0. The Kier molecular flexibility index (Phi) is 8.59. The number of rotatable bonds is 10. The lowest BCUT2D eigenvalue weighted by molar-refractivity contribution is 0.0974. The van der Waals surface area contributed by atoms with E-state index in [0.29, 0.717) is 28.9 Å². The van der Waals surface area contributed by atoms with Gasteiger partial charge < -0.3 is 4.74 Å². The van der Waals surface area contributed by atoms with Crippen molar-refractivity contribution in [2.75, 3.05) is 0 Å². The van der Waals surface area contributed by atoms with Gasteiger partial charge in [0.05, 0.1) is 0 Å². The second kappa shape index (κ2) is 12.8. The summed E-state index contributed by atoms with van der Waals surface area (Å²) in [5.74, 6) is 0.566. The molecule has 42 heavy (non-hydrogen) atoms. The summed E-state index contributed by atoms with van der Waals surface area (Å²) in [6, 6.07) is 37.5. The van der Waals surface area contributed by atoms with Crippen LogP contribution in [0.3, 0.4) is 0 Å². The predicted octanol–water partition coefficient (Wildman–Crippen LogP) is 9.69. The van der Waals surface area contributed by atoms with E-state index in [-0.39, 0.29) is 11.6 Å². The molecule has 0 fully saturated rings. The Balaban J connectivity index is 1.22. The summed E-state index contributed by atoms with van der Waals surface area (Å²) < 4.78 is 5.92. The number of ether oxygens (including phenoxy) is 1. The molecule has 6 rings (SSSR count). The number of aryl methyl sites for hydroxylation is 1. The van der Waals surface area contributed by atoms with E-state index in [1.54, 1.807) is 12.1 Å². The van der Waals surface area contributed by atoms with E-state index in [2.05, 4.69) is 31.2 Å². The zero-order valence-corrected chi connectivity index (χ0v) is 25.0. The van der Waals surface area contributed by atoms with Gasteiger partial charge in [0.25, 0.3) is 0 Å². The zero-order chi connectivity index (χ0) is 28.9. The third-order valence-corrected chi connectivity index (χ3v) is 9.40. The van der Waals surface area contributed by atoms with Crippen molar-refractivity contribution >= 4 is 35.1 Å². The highest BCUT2D eigenvalue weighted by molar-refractivity contribution is 7.99. The first-order chi connectivity index (χ1) is 20.6. The maximum Gasteiger partial charge on any atom is 0.195 e. The number of carbonyl (C=O) groups excluding carboxylic acids is 2. The summed E-state index contributed by atoms with van der Waals surface area (Å²) in [4.78, 5) is 31.4. The number of benzene rings is 5. The number of carbonyl (C=O) groups is 2. The van der Waals surface area contributed by atoms with E-state index in [1.807, 2.05) is 78.9 Å². The second-order valence-electron chi connectivity index (χ2n) is 10.2. The van der Waals surface area contributed by atoms with Crippen molar-refractivity contribution in [3.8, 4) is 5.75 Å². The highest BCUT2D eigenvalue weighted by Gasteiger charge is 2.33. The summed E-state index contributed by atoms with van der Waals surface area (Å²) >= 11 is 3.02. The van der Waals surface area contributed by atoms with Crippen molar-refractivity contribution in [3.63, 3.8) is 0 Å².